The van der Waals surface area contributed by atoms with Crippen LogP contribution in [0.4, 0.5) is 5.69 Å². The molecule has 1 unspecified atom stereocenters. The zero-order chi connectivity index (χ0) is 14.8. The fourth-order valence-electron chi connectivity index (χ4n) is 2.12. The maximum absolute atomic E-state index is 11.0. The van der Waals surface area contributed by atoms with Crippen LogP contribution in [0.1, 0.15) is 19.4 Å². The first-order valence-corrected chi connectivity index (χ1v) is 6.50. The number of morpholine rings is 1. The lowest BCUT2D eigenvalue weighted by atomic mass is 10.1. The molecule has 0 amide bonds. The van der Waals surface area contributed by atoms with Gasteiger partial charge in [-0.1, -0.05) is 0 Å². The number of rotatable bonds is 4. The first-order chi connectivity index (χ1) is 9.37. The Hall–Kier alpha value is -1.73. The largest absolute Gasteiger partial charge is 0.470 e. The highest BCUT2D eigenvalue weighted by Crippen LogP contribution is 2.25. The summed E-state index contributed by atoms with van der Waals surface area (Å²) in [6, 6.07) is 1.45. The van der Waals surface area contributed by atoms with Gasteiger partial charge in [-0.25, -0.2) is 4.98 Å². The quantitative estimate of drug-likeness (QED) is 0.664. The van der Waals surface area contributed by atoms with Crippen molar-refractivity contribution < 1.29 is 14.4 Å². The molecule has 0 radical (unpaired) electrons. The molecule has 0 aliphatic carbocycles. The first kappa shape index (κ1) is 14.7. The second kappa shape index (κ2) is 5.72. The Morgan fingerprint density at radius 1 is 1.65 bits per heavy atom. The zero-order valence-electron chi connectivity index (χ0n) is 11.9. The van der Waals surface area contributed by atoms with Gasteiger partial charge in [0.1, 0.15) is 12.7 Å². The van der Waals surface area contributed by atoms with Gasteiger partial charge < -0.3 is 14.8 Å². The second-order valence-electron chi connectivity index (χ2n) is 5.54. The van der Waals surface area contributed by atoms with E-state index in [1.54, 1.807) is 13.1 Å². The van der Waals surface area contributed by atoms with Crippen LogP contribution < -0.4 is 10.1 Å². The Balaban J connectivity index is 2.02. The standard InChI is InChI=1S/C13H19N3O4/c1-9-4-11(16(17)18)12(15-5-9)19-7-10-6-14-8-13(2,3)20-10/h4-5,10,14H,6-8H2,1-3H3. The fourth-order valence-corrected chi connectivity index (χ4v) is 2.12. The van der Waals surface area contributed by atoms with Gasteiger partial charge in [-0.15, -0.1) is 0 Å². The lowest BCUT2D eigenvalue weighted by Gasteiger charge is -2.36. The Labute approximate surface area is 117 Å². The number of nitrogens with one attached hydrogen (secondary N) is 1. The van der Waals surface area contributed by atoms with Crippen molar-refractivity contribution in [3.8, 4) is 5.88 Å². The third-order valence-electron chi connectivity index (χ3n) is 2.98. The molecular weight excluding hydrogens is 262 g/mol. The van der Waals surface area contributed by atoms with Crippen LogP contribution in [0, 0.1) is 17.0 Å². The number of nitro groups is 1. The Morgan fingerprint density at radius 3 is 3.05 bits per heavy atom. The van der Waals surface area contributed by atoms with E-state index < -0.39 is 4.92 Å². The highest BCUT2D eigenvalue weighted by Gasteiger charge is 2.29. The molecule has 1 saturated heterocycles. The first-order valence-electron chi connectivity index (χ1n) is 6.50. The van der Waals surface area contributed by atoms with Crippen molar-refractivity contribution in [1.82, 2.24) is 10.3 Å². The van der Waals surface area contributed by atoms with E-state index >= 15 is 0 Å². The van der Waals surface area contributed by atoms with Crippen LogP contribution in [0.15, 0.2) is 12.3 Å². The summed E-state index contributed by atoms with van der Waals surface area (Å²) in [5.41, 5.74) is 0.340. The number of aryl methyl sites for hydroxylation is 1. The van der Waals surface area contributed by atoms with Crippen molar-refractivity contribution >= 4 is 5.69 Å². The molecule has 1 atom stereocenters. The highest BCUT2D eigenvalue weighted by molar-refractivity contribution is 5.42. The highest BCUT2D eigenvalue weighted by atomic mass is 16.6. The maximum atomic E-state index is 11.0. The molecule has 1 fully saturated rings. The van der Waals surface area contributed by atoms with Crippen molar-refractivity contribution in [3.05, 3.63) is 27.9 Å². The van der Waals surface area contributed by atoms with E-state index in [4.69, 9.17) is 9.47 Å². The molecule has 1 aromatic heterocycles. The molecule has 1 aliphatic heterocycles. The molecule has 2 rings (SSSR count). The Kier molecular flexibility index (Phi) is 4.20. The van der Waals surface area contributed by atoms with Gasteiger partial charge in [0.15, 0.2) is 0 Å². The molecular formula is C13H19N3O4. The minimum absolute atomic E-state index is 0.0348. The molecule has 0 aromatic carbocycles. The van der Waals surface area contributed by atoms with Crippen LogP contribution in [0.2, 0.25) is 0 Å². The summed E-state index contributed by atoms with van der Waals surface area (Å²) in [7, 11) is 0. The number of hydrogen-bond donors (Lipinski definition) is 1. The van der Waals surface area contributed by atoms with Gasteiger partial charge in [0, 0.05) is 25.4 Å². The fraction of sp³-hybridized carbons (Fsp3) is 0.615. The summed E-state index contributed by atoms with van der Waals surface area (Å²) in [6.45, 7) is 7.38. The number of ether oxygens (including phenoxy) is 2. The molecule has 0 saturated carbocycles. The minimum Gasteiger partial charge on any atom is -0.470 e. The second-order valence-corrected chi connectivity index (χ2v) is 5.54. The van der Waals surface area contributed by atoms with E-state index in [0.29, 0.717) is 6.54 Å². The summed E-state index contributed by atoms with van der Waals surface area (Å²) in [6.07, 6.45) is 1.40. The minimum atomic E-state index is -0.487. The summed E-state index contributed by atoms with van der Waals surface area (Å²) in [4.78, 5) is 14.5. The predicted octanol–water partition coefficient (Wildman–Crippen LogP) is 1.44. The van der Waals surface area contributed by atoms with Gasteiger partial charge in [0.25, 0.3) is 5.88 Å². The van der Waals surface area contributed by atoms with Crippen molar-refractivity contribution in [2.24, 2.45) is 0 Å². The average molecular weight is 281 g/mol. The number of pyridine rings is 1. The molecule has 0 bridgehead atoms. The van der Waals surface area contributed by atoms with Crippen LogP contribution in [0.25, 0.3) is 0 Å². The van der Waals surface area contributed by atoms with Gasteiger partial charge in [0.05, 0.1) is 10.5 Å². The van der Waals surface area contributed by atoms with E-state index in [-0.39, 0.29) is 29.9 Å². The third-order valence-corrected chi connectivity index (χ3v) is 2.98. The monoisotopic (exact) mass is 281 g/mol. The molecule has 20 heavy (non-hydrogen) atoms. The number of hydrogen-bond acceptors (Lipinski definition) is 6. The van der Waals surface area contributed by atoms with Gasteiger partial charge >= 0.3 is 5.69 Å². The summed E-state index contributed by atoms with van der Waals surface area (Å²) in [5, 5.41) is 14.2. The van der Waals surface area contributed by atoms with Gasteiger partial charge in [0.2, 0.25) is 0 Å². The molecule has 1 aliphatic rings. The van der Waals surface area contributed by atoms with Crippen LogP contribution in [-0.4, -0.2) is 41.3 Å². The van der Waals surface area contributed by atoms with Crippen LogP contribution >= 0.6 is 0 Å². The third kappa shape index (κ3) is 3.64. The van der Waals surface area contributed by atoms with Crippen molar-refractivity contribution in [1.29, 1.82) is 0 Å². The van der Waals surface area contributed by atoms with E-state index in [1.807, 2.05) is 13.8 Å². The number of aromatic nitrogens is 1. The van der Waals surface area contributed by atoms with E-state index in [0.717, 1.165) is 12.1 Å². The van der Waals surface area contributed by atoms with E-state index in [9.17, 15) is 10.1 Å². The SMILES string of the molecule is Cc1cnc(OCC2CNCC(C)(C)O2)c([N+](=O)[O-])c1. The molecule has 1 N–H and O–H groups in total. The Bertz CT molecular complexity index is 504. The van der Waals surface area contributed by atoms with Crippen molar-refractivity contribution in [2.75, 3.05) is 19.7 Å². The van der Waals surface area contributed by atoms with E-state index in [1.165, 1.54) is 6.07 Å². The van der Waals surface area contributed by atoms with Crippen LogP contribution in [0.3, 0.4) is 0 Å². The van der Waals surface area contributed by atoms with Gasteiger partial charge in [-0.2, -0.15) is 0 Å². The predicted molar refractivity (Wildman–Crippen MR) is 72.9 cm³/mol. The molecule has 110 valence electrons. The van der Waals surface area contributed by atoms with Crippen LogP contribution in [-0.2, 0) is 4.74 Å². The van der Waals surface area contributed by atoms with Crippen molar-refractivity contribution in [3.63, 3.8) is 0 Å². The van der Waals surface area contributed by atoms with Crippen molar-refractivity contribution in [2.45, 2.75) is 32.5 Å². The summed E-state index contributed by atoms with van der Waals surface area (Å²) in [5.74, 6) is 0.0348. The zero-order valence-corrected chi connectivity index (χ0v) is 11.9. The maximum Gasteiger partial charge on any atom is 0.331 e. The Morgan fingerprint density at radius 2 is 2.40 bits per heavy atom. The lowest BCUT2D eigenvalue weighted by molar-refractivity contribution is -0.386. The van der Waals surface area contributed by atoms with Gasteiger partial charge in [-0.3, -0.25) is 10.1 Å². The molecule has 0 spiro atoms. The molecule has 1 aromatic rings. The summed E-state index contributed by atoms with van der Waals surface area (Å²) >= 11 is 0. The number of nitrogens with zero attached hydrogens (tertiary/aromatic N) is 2. The molecule has 7 nitrogen and oxygen atoms in total. The van der Waals surface area contributed by atoms with Gasteiger partial charge in [-0.05, 0) is 26.3 Å². The topological polar surface area (TPSA) is 86.5 Å². The summed E-state index contributed by atoms with van der Waals surface area (Å²) < 4.78 is 11.3. The van der Waals surface area contributed by atoms with Crippen LogP contribution in [0.5, 0.6) is 5.88 Å². The van der Waals surface area contributed by atoms with E-state index in [2.05, 4.69) is 10.3 Å². The normalized spacial score (nSPS) is 21.4. The smallest absolute Gasteiger partial charge is 0.331 e. The average Bonchev–Trinajstić information content (AvgIpc) is 2.36. The lowest BCUT2D eigenvalue weighted by Crippen LogP contribution is -2.52. The molecule has 7 heteroatoms. The molecule has 2 heterocycles.